The Morgan fingerprint density at radius 1 is 1.47 bits per heavy atom. The molecule has 0 unspecified atom stereocenters. The van der Waals surface area contributed by atoms with Crippen LogP contribution in [0.25, 0.3) is 0 Å². The highest BCUT2D eigenvalue weighted by Crippen LogP contribution is 2.14. The summed E-state index contributed by atoms with van der Waals surface area (Å²) in [4.78, 5) is 15.5. The van der Waals surface area contributed by atoms with Gasteiger partial charge in [0.2, 0.25) is 0 Å². The Bertz CT molecular complexity index is 473. The first-order valence-electron chi connectivity index (χ1n) is 5.58. The Labute approximate surface area is 102 Å². The zero-order chi connectivity index (χ0) is 12.8. The molecule has 1 N–H and O–H groups in total. The Kier molecular flexibility index (Phi) is 4.64. The SMILES string of the molecule is CCC(O)=C(C=Nc1cccc(C)c1)C(C)=O. The summed E-state index contributed by atoms with van der Waals surface area (Å²) in [5.41, 5.74) is 2.15. The Balaban J connectivity index is 3.00. The molecule has 0 aliphatic heterocycles. The van der Waals surface area contributed by atoms with Crippen molar-refractivity contribution >= 4 is 17.7 Å². The van der Waals surface area contributed by atoms with Crippen LogP contribution in [0, 0.1) is 6.92 Å². The van der Waals surface area contributed by atoms with Gasteiger partial charge in [-0.1, -0.05) is 19.1 Å². The van der Waals surface area contributed by atoms with E-state index >= 15 is 0 Å². The molecular formula is C14H17NO2. The van der Waals surface area contributed by atoms with Crippen molar-refractivity contribution in [3.63, 3.8) is 0 Å². The van der Waals surface area contributed by atoms with E-state index in [9.17, 15) is 9.90 Å². The number of nitrogens with zero attached hydrogens (tertiary/aromatic N) is 1. The topological polar surface area (TPSA) is 49.7 Å². The van der Waals surface area contributed by atoms with Crippen molar-refractivity contribution in [1.82, 2.24) is 0 Å². The van der Waals surface area contributed by atoms with E-state index < -0.39 is 0 Å². The minimum Gasteiger partial charge on any atom is -0.512 e. The zero-order valence-electron chi connectivity index (χ0n) is 10.4. The molecule has 0 aliphatic carbocycles. The van der Waals surface area contributed by atoms with Crippen molar-refractivity contribution in [2.24, 2.45) is 4.99 Å². The standard InChI is InChI=1S/C14H17NO2/c1-4-14(17)13(11(3)16)9-15-12-7-5-6-10(2)8-12/h5-9,17H,4H2,1-3H3. The number of benzene rings is 1. The molecule has 0 saturated heterocycles. The van der Waals surface area contributed by atoms with Crippen molar-refractivity contribution in [3.8, 4) is 0 Å². The number of allylic oxidation sites excluding steroid dienone is 2. The molecule has 17 heavy (non-hydrogen) atoms. The molecule has 1 aromatic carbocycles. The maximum Gasteiger partial charge on any atom is 0.164 e. The summed E-state index contributed by atoms with van der Waals surface area (Å²) in [5.74, 6) is -0.102. The lowest BCUT2D eigenvalue weighted by Gasteiger charge is -2.01. The van der Waals surface area contributed by atoms with E-state index in [-0.39, 0.29) is 17.1 Å². The number of rotatable bonds is 4. The molecule has 0 bridgehead atoms. The molecule has 0 atom stereocenters. The van der Waals surface area contributed by atoms with Crippen LogP contribution in [-0.4, -0.2) is 17.1 Å². The third-order valence-corrected chi connectivity index (χ3v) is 2.37. The third-order valence-electron chi connectivity index (χ3n) is 2.37. The van der Waals surface area contributed by atoms with E-state index in [2.05, 4.69) is 4.99 Å². The lowest BCUT2D eigenvalue weighted by Crippen LogP contribution is -2.02. The predicted octanol–water partition coefficient (Wildman–Crippen LogP) is 3.51. The van der Waals surface area contributed by atoms with Gasteiger partial charge in [0, 0.05) is 12.6 Å². The van der Waals surface area contributed by atoms with E-state index in [4.69, 9.17) is 0 Å². The van der Waals surface area contributed by atoms with Gasteiger partial charge in [-0.15, -0.1) is 0 Å². The van der Waals surface area contributed by atoms with Crippen LogP contribution in [0.5, 0.6) is 0 Å². The zero-order valence-corrected chi connectivity index (χ0v) is 10.4. The molecule has 0 saturated carbocycles. The third kappa shape index (κ3) is 3.87. The highest BCUT2D eigenvalue weighted by molar-refractivity contribution is 6.13. The Morgan fingerprint density at radius 2 is 2.18 bits per heavy atom. The number of hydrogen-bond donors (Lipinski definition) is 1. The van der Waals surface area contributed by atoms with Gasteiger partial charge >= 0.3 is 0 Å². The van der Waals surface area contributed by atoms with Crippen molar-refractivity contribution in [1.29, 1.82) is 0 Å². The fourth-order valence-corrected chi connectivity index (χ4v) is 1.41. The van der Waals surface area contributed by atoms with Gasteiger partial charge in [-0.25, -0.2) is 0 Å². The van der Waals surface area contributed by atoms with E-state index in [0.29, 0.717) is 6.42 Å². The number of hydrogen-bond acceptors (Lipinski definition) is 3. The van der Waals surface area contributed by atoms with Crippen molar-refractivity contribution < 1.29 is 9.90 Å². The first-order valence-corrected chi connectivity index (χ1v) is 5.58. The van der Waals surface area contributed by atoms with Gasteiger partial charge in [0.1, 0.15) is 5.76 Å². The van der Waals surface area contributed by atoms with Crippen LogP contribution in [0.1, 0.15) is 25.8 Å². The molecular weight excluding hydrogens is 214 g/mol. The number of aliphatic imine (C=N–C) groups is 1. The Hall–Kier alpha value is -1.90. The number of carbonyl (C=O) groups excluding carboxylic acids is 1. The minimum atomic E-state index is -0.180. The fraction of sp³-hybridized carbons (Fsp3) is 0.286. The van der Waals surface area contributed by atoms with Crippen molar-refractivity contribution in [2.45, 2.75) is 27.2 Å². The monoisotopic (exact) mass is 231 g/mol. The van der Waals surface area contributed by atoms with Crippen molar-refractivity contribution in [2.75, 3.05) is 0 Å². The summed E-state index contributed by atoms with van der Waals surface area (Å²) < 4.78 is 0. The normalized spacial score (nSPS) is 12.6. The van der Waals surface area contributed by atoms with Crippen LogP contribution in [0.3, 0.4) is 0 Å². The van der Waals surface area contributed by atoms with Crippen LogP contribution < -0.4 is 0 Å². The van der Waals surface area contributed by atoms with Crippen LogP contribution in [0.15, 0.2) is 40.6 Å². The fourth-order valence-electron chi connectivity index (χ4n) is 1.41. The molecule has 0 fully saturated rings. The maximum absolute atomic E-state index is 11.3. The molecule has 1 rings (SSSR count). The van der Waals surface area contributed by atoms with Gasteiger partial charge < -0.3 is 5.11 Å². The summed E-state index contributed by atoms with van der Waals surface area (Å²) in [6.45, 7) is 5.19. The summed E-state index contributed by atoms with van der Waals surface area (Å²) in [7, 11) is 0. The second-order valence-corrected chi connectivity index (χ2v) is 3.87. The molecule has 1 aromatic rings. The smallest absolute Gasteiger partial charge is 0.164 e. The van der Waals surface area contributed by atoms with Crippen LogP contribution >= 0.6 is 0 Å². The summed E-state index contributed by atoms with van der Waals surface area (Å²) >= 11 is 0. The molecule has 90 valence electrons. The van der Waals surface area contributed by atoms with Gasteiger partial charge in [0.15, 0.2) is 5.78 Å². The molecule has 0 radical (unpaired) electrons. The van der Waals surface area contributed by atoms with Gasteiger partial charge in [0.05, 0.1) is 11.3 Å². The average Bonchev–Trinajstić information content (AvgIpc) is 2.28. The van der Waals surface area contributed by atoms with E-state index in [1.165, 1.54) is 13.1 Å². The van der Waals surface area contributed by atoms with Gasteiger partial charge in [-0.3, -0.25) is 9.79 Å². The first-order chi connectivity index (χ1) is 8.04. The van der Waals surface area contributed by atoms with E-state index in [1.54, 1.807) is 6.92 Å². The lowest BCUT2D eigenvalue weighted by atomic mass is 10.1. The minimum absolute atomic E-state index is 0.0777. The quantitative estimate of drug-likeness (QED) is 0.489. The number of aliphatic hydroxyl groups excluding tert-OH is 1. The van der Waals surface area contributed by atoms with E-state index in [1.807, 2.05) is 31.2 Å². The molecule has 0 amide bonds. The average molecular weight is 231 g/mol. The van der Waals surface area contributed by atoms with Gasteiger partial charge in [-0.2, -0.15) is 0 Å². The summed E-state index contributed by atoms with van der Waals surface area (Å²) in [6.07, 6.45) is 1.85. The number of ketones is 1. The highest BCUT2D eigenvalue weighted by Gasteiger charge is 2.06. The van der Waals surface area contributed by atoms with Crippen LogP contribution in [0.2, 0.25) is 0 Å². The van der Waals surface area contributed by atoms with Crippen LogP contribution in [0.4, 0.5) is 5.69 Å². The number of aryl methyl sites for hydroxylation is 1. The first kappa shape index (κ1) is 13.2. The second-order valence-electron chi connectivity index (χ2n) is 3.87. The lowest BCUT2D eigenvalue weighted by molar-refractivity contribution is -0.113. The number of carbonyl (C=O) groups is 1. The number of aliphatic hydroxyl groups is 1. The largest absolute Gasteiger partial charge is 0.512 e. The summed E-state index contributed by atoms with van der Waals surface area (Å²) in [6, 6.07) is 7.64. The molecule has 3 nitrogen and oxygen atoms in total. The Morgan fingerprint density at radius 3 is 2.71 bits per heavy atom. The van der Waals surface area contributed by atoms with Gasteiger partial charge in [-0.05, 0) is 31.5 Å². The van der Waals surface area contributed by atoms with Gasteiger partial charge in [0.25, 0.3) is 0 Å². The predicted molar refractivity (Wildman–Crippen MR) is 70.0 cm³/mol. The van der Waals surface area contributed by atoms with E-state index in [0.717, 1.165) is 11.3 Å². The maximum atomic E-state index is 11.3. The molecule has 3 heteroatoms. The molecule has 0 aromatic heterocycles. The summed E-state index contributed by atoms with van der Waals surface area (Å²) in [5, 5.41) is 9.59. The van der Waals surface area contributed by atoms with Crippen molar-refractivity contribution in [3.05, 3.63) is 41.2 Å². The number of Topliss-reactive ketones (excluding diaryl/α,β-unsaturated/α-hetero) is 1. The van der Waals surface area contributed by atoms with Crippen LogP contribution in [-0.2, 0) is 4.79 Å². The molecule has 0 heterocycles. The molecule has 0 spiro atoms. The molecule has 0 aliphatic rings. The highest BCUT2D eigenvalue weighted by atomic mass is 16.3. The second kappa shape index (κ2) is 5.99.